The Morgan fingerprint density at radius 3 is 2.81 bits per heavy atom. The summed E-state index contributed by atoms with van der Waals surface area (Å²) in [6, 6.07) is 10.3. The van der Waals surface area contributed by atoms with Crippen LogP contribution < -0.4 is 10.6 Å². The second kappa shape index (κ2) is 9.36. The van der Waals surface area contributed by atoms with Crippen molar-refractivity contribution in [1.29, 1.82) is 0 Å². The Balaban J connectivity index is 0.00000243. The smallest absolute Gasteiger partial charge is 0.191 e. The summed E-state index contributed by atoms with van der Waals surface area (Å²) in [5, 5.41) is 21.2. The zero-order chi connectivity index (χ0) is 17.7. The molecule has 1 heterocycles. The van der Waals surface area contributed by atoms with Crippen LogP contribution in [0.5, 0.6) is 0 Å². The lowest BCUT2D eigenvalue weighted by molar-refractivity contribution is -0.0236. The van der Waals surface area contributed by atoms with E-state index >= 15 is 0 Å². The van der Waals surface area contributed by atoms with Crippen LogP contribution in [0.2, 0.25) is 0 Å². The molecule has 2 aromatic rings. The third-order valence-electron chi connectivity index (χ3n) is 4.65. The summed E-state index contributed by atoms with van der Waals surface area (Å²) in [7, 11) is 0. The number of aliphatic imine (C=N–C) groups is 1. The SMILES string of the molecule is CCNC(=NCC1(O)CCC1)NC(C)c1cccc(-n2cccn2)c1.I. The molecular weight excluding hydrogens is 441 g/mol. The van der Waals surface area contributed by atoms with Gasteiger partial charge in [-0.05, 0) is 56.9 Å². The maximum Gasteiger partial charge on any atom is 0.191 e. The molecule has 3 rings (SSSR count). The van der Waals surface area contributed by atoms with Gasteiger partial charge in [-0.25, -0.2) is 4.68 Å². The summed E-state index contributed by atoms with van der Waals surface area (Å²) in [5.41, 5.74) is 1.58. The number of rotatable bonds is 6. The first kappa shape index (κ1) is 20.7. The lowest BCUT2D eigenvalue weighted by Crippen LogP contribution is -2.43. The lowest BCUT2D eigenvalue weighted by atomic mass is 9.80. The number of benzene rings is 1. The van der Waals surface area contributed by atoms with E-state index in [9.17, 15) is 5.11 Å². The highest BCUT2D eigenvalue weighted by Gasteiger charge is 2.34. The predicted molar refractivity (Wildman–Crippen MR) is 115 cm³/mol. The molecule has 1 atom stereocenters. The van der Waals surface area contributed by atoms with Crippen LogP contribution >= 0.6 is 24.0 Å². The molecule has 1 aromatic heterocycles. The average Bonchev–Trinajstić information content (AvgIpc) is 3.13. The molecule has 3 N–H and O–H groups in total. The van der Waals surface area contributed by atoms with Crippen molar-refractivity contribution in [2.75, 3.05) is 13.1 Å². The fourth-order valence-corrected chi connectivity index (χ4v) is 2.94. The molecule has 7 heteroatoms. The van der Waals surface area contributed by atoms with Crippen LogP contribution in [0.25, 0.3) is 5.69 Å². The number of aromatic nitrogens is 2. The minimum absolute atomic E-state index is 0. The van der Waals surface area contributed by atoms with Gasteiger partial charge in [0.05, 0.1) is 23.9 Å². The van der Waals surface area contributed by atoms with E-state index in [-0.39, 0.29) is 30.0 Å². The van der Waals surface area contributed by atoms with Gasteiger partial charge in [-0.2, -0.15) is 5.10 Å². The standard InChI is InChI=1S/C19H27N5O.HI/c1-3-20-18(21-14-19(25)9-5-10-19)23-15(2)16-7-4-8-17(13-16)24-12-6-11-22-24;/h4,6-8,11-13,15,25H,3,5,9-10,14H2,1-2H3,(H2,20,21,23);1H. The van der Waals surface area contributed by atoms with Crippen molar-refractivity contribution >= 4 is 29.9 Å². The summed E-state index contributed by atoms with van der Waals surface area (Å²) < 4.78 is 1.85. The molecule has 1 aliphatic carbocycles. The molecule has 0 amide bonds. The van der Waals surface area contributed by atoms with Crippen LogP contribution in [0.4, 0.5) is 0 Å². The van der Waals surface area contributed by atoms with Crippen LogP contribution in [-0.4, -0.2) is 39.5 Å². The molecular formula is C19H28IN5O. The van der Waals surface area contributed by atoms with E-state index in [1.807, 2.05) is 36.0 Å². The van der Waals surface area contributed by atoms with Crippen molar-refractivity contribution < 1.29 is 5.11 Å². The van der Waals surface area contributed by atoms with Crippen LogP contribution in [0.1, 0.15) is 44.7 Å². The number of nitrogens with zero attached hydrogens (tertiary/aromatic N) is 3. The molecule has 1 unspecified atom stereocenters. The van der Waals surface area contributed by atoms with Gasteiger partial charge in [0.1, 0.15) is 0 Å². The molecule has 1 fully saturated rings. The fraction of sp³-hybridized carbons (Fsp3) is 0.474. The van der Waals surface area contributed by atoms with Gasteiger partial charge in [-0.3, -0.25) is 4.99 Å². The first-order valence-electron chi connectivity index (χ1n) is 8.97. The van der Waals surface area contributed by atoms with Crippen molar-refractivity contribution in [3.8, 4) is 5.69 Å². The van der Waals surface area contributed by atoms with Crippen molar-refractivity contribution in [3.63, 3.8) is 0 Å². The largest absolute Gasteiger partial charge is 0.388 e. The number of nitrogens with one attached hydrogen (secondary N) is 2. The van der Waals surface area contributed by atoms with E-state index in [1.54, 1.807) is 6.20 Å². The molecule has 26 heavy (non-hydrogen) atoms. The Morgan fingerprint density at radius 2 is 2.19 bits per heavy atom. The molecule has 0 bridgehead atoms. The average molecular weight is 469 g/mol. The molecule has 0 aliphatic heterocycles. The van der Waals surface area contributed by atoms with Gasteiger partial charge in [0.15, 0.2) is 5.96 Å². The Kier molecular flexibility index (Phi) is 7.45. The van der Waals surface area contributed by atoms with E-state index in [0.29, 0.717) is 6.54 Å². The van der Waals surface area contributed by atoms with E-state index in [1.165, 1.54) is 0 Å². The zero-order valence-electron chi connectivity index (χ0n) is 15.4. The highest BCUT2D eigenvalue weighted by molar-refractivity contribution is 14.0. The maximum absolute atomic E-state index is 10.2. The Bertz CT molecular complexity index is 712. The van der Waals surface area contributed by atoms with Crippen LogP contribution in [0.15, 0.2) is 47.7 Å². The summed E-state index contributed by atoms with van der Waals surface area (Å²) in [6.07, 6.45) is 6.48. The monoisotopic (exact) mass is 469 g/mol. The third kappa shape index (κ3) is 5.20. The van der Waals surface area contributed by atoms with Gasteiger partial charge in [-0.1, -0.05) is 12.1 Å². The predicted octanol–water partition coefficient (Wildman–Crippen LogP) is 3.02. The summed E-state index contributed by atoms with van der Waals surface area (Å²) >= 11 is 0. The van der Waals surface area contributed by atoms with Crippen LogP contribution in [-0.2, 0) is 0 Å². The Morgan fingerprint density at radius 1 is 1.38 bits per heavy atom. The van der Waals surface area contributed by atoms with Crippen molar-refractivity contribution in [2.45, 2.75) is 44.8 Å². The molecule has 142 valence electrons. The second-order valence-corrected chi connectivity index (χ2v) is 6.68. The third-order valence-corrected chi connectivity index (χ3v) is 4.65. The van der Waals surface area contributed by atoms with Crippen molar-refractivity contribution in [2.24, 2.45) is 4.99 Å². The Hall–Kier alpha value is -1.61. The molecule has 0 saturated heterocycles. The highest BCUT2D eigenvalue weighted by atomic mass is 127. The molecule has 0 spiro atoms. The van der Waals surface area contributed by atoms with Gasteiger partial charge in [0.25, 0.3) is 0 Å². The summed E-state index contributed by atoms with van der Waals surface area (Å²) in [5.74, 6) is 0.736. The van der Waals surface area contributed by atoms with Gasteiger partial charge < -0.3 is 15.7 Å². The molecule has 1 saturated carbocycles. The summed E-state index contributed by atoms with van der Waals surface area (Å²) in [6.45, 7) is 5.37. The fourth-order valence-electron chi connectivity index (χ4n) is 2.94. The van der Waals surface area contributed by atoms with Gasteiger partial charge in [-0.15, -0.1) is 24.0 Å². The van der Waals surface area contributed by atoms with Gasteiger partial charge >= 0.3 is 0 Å². The zero-order valence-corrected chi connectivity index (χ0v) is 17.7. The topological polar surface area (TPSA) is 74.5 Å². The minimum Gasteiger partial charge on any atom is -0.388 e. The van der Waals surface area contributed by atoms with Gasteiger partial charge in [0.2, 0.25) is 0 Å². The minimum atomic E-state index is -0.606. The molecule has 1 aliphatic rings. The number of hydrogen-bond donors (Lipinski definition) is 3. The first-order valence-corrected chi connectivity index (χ1v) is 8.97. The lowest BCUT2D eigenvalue weighted by Gasteiger charge is -2.35. The van der Waals surface area contributed by atoms with E-state index in [2.05, 4.69) is 39.8 Å². The number of aliphatic hydroxyl groups is 1. The van der Waals surface area contributed by atoms with Crippen LogP contribution in [0.3, 0.4) is 0 Å². The maximum atomic E-state index is 10.2. The molecule has 6 nitrogen and oxygen atoms in total. The Labute approximate surface area is 172 Å². The second-order valence-electron chi connectivity index (χ2n) is 6.68. The van der Waals surface area contributed by atoms with Crippen molar-refractivity contribution in [1.82, 2.24) is 20.4 Å². The number of guanidine groups is 1. The van der Waals surface area contributed by atoms with E-state index < -0.39 is 5.60 Å². The van der Waals surface area contributed by atoms with E-state index in [4.69, 9.17) is 0 Å². The van der Waals surface area contributed by atoms with E-state index in [0.717, 1.165) is 43.0 Å². The van der Waals surface area contributed by atoms with Crippen LogP contribution in [0, 0.1) is 0 Å². The first-order chi connectivity index (χ1) is 12.1. The number of hydrogen-bond acceptors (Lipinski definition) is 3. The quantitative estimate of drug-likeness (QED) is 0.346. The molecule has 1 aromatic carbocycles. The number of halogens is 1. The molecule has 0 radical (unpaired) electrons. The van der Waals surface area contributed by atoms with Gasteiger partial charge in [0, 0.05) is 18.9 Å². The highest BCUT2D eigenvalue weighted by Crippen LogP contribution is 2.31. The summed E-state index contributed by atoms with van der Waals surface area (Å²) in [4.78, 5) is 4.57. The normalized spacial score (nSPS) is 17.0. The van der Waals surface area contributed by atoms with Crippen molar-refractivity contribution in [3.05, 3.63) is 48.3 Å².